The summed E-state index contributed by atoms with van der Waals surface area (Å²) in [6.45, 7) is 32.5. The first-order valence-electron chi connectivity index (χ1n) is 14.4. The number of rotatable bonds is 9. The molecule has 1 fully saturated rings. The van der Waals surface area contributed by atoms with Gasteiger partial charge in [-0.05, 0) is 92.4 Å². The summed E-state index contributed by atoms with van der Waals surface area (Å²) in [6.07, 6.45) is 3.54. The Morgan fingerprint density at radius 1 is 0.784 bits per heavy atom. The van der Waals surface area contributed by atoms with Gasteiger partial charge < -0.3 is 14.2 Å². The first-order valence-corrected chi connectivity index (χ1v) is 14.4. The van der Waals surface area contributed by atoms with Crippen LogP contribution in [0, 0.1) is 22.2 Å². The van der Waals surface area contributed by atoms with Crippen LogP contribution in [0.4, 0.5) is 0 Å². The highest BCUT2D eigenvalue weighted by Crippen LogP contribution is 2.32. The molecular weight excluding hydrogens is 466 g/mol. The number of hydrogen-bond donors (Lipinski definition) is 0. The number of nitrogens with zero attached hydrogens (tertiary/aromatic N) is 1. The van der Waals surface area contributed by atoms with Crippen molar-refractivity contribution in [1.82, 2.24) is 4.90 Å². The molecule has 1 rings (SSSR count). The number of carbonyl (C=O) groups is 2. The number of hydrogen-bond acceptors (Lipinski definition) is 6. The molecule has 0 aliphatic carbocycles. The van der Waals surface area contributed by atoms with Gasteiger partial charge in [0.2, 0.25) is 0 Å². The maximum absolute atomic E-state index is 12.1. The third kappa shape index (κ3) is 13.0. The molecule has 1 heterocycles. The van der Waals surface area contributed by atoms with Gasteiger partial charge in [-0.15, -0.1) is 0 Å². The molecule has 0 amide bonds. The van der Waals surface area contributed by atoms with Crippen LogP contribution in [-0.4, -0.2) is 54.0 Å². The van der Waals surface area contributed by atoms with Crippen LogP contribution >= 0.6 is 0 Å². The van der Waals surface area contributed by atoms with Gasteiger partial charge in [-0.3, -0.25) is 14.5 Å². The lowest BCUT2D eigenvalue weighted by atomic mass is 9.82. The molecule has 0 saturated carbocycles. The molecule has 0 aromatic heterocycles. The average molecular weight is 528 g/mol. The first kappa shape index (κ1) is 35.9. The van der Waals surface area contributed by atoms with Crippen LogP contribution in [0.5, 0.6) is 0 Å². The Labute approximate surface area is 229 Å². The predicted molar refractivity (Wildman–Crippen MR) is 153 cm³/mol. The van der Waals surface area contributed by atoms with Crippen LogP contribution in [-0.2, 0) is 23.8 Å². The highest BCUT2D eigenvalue weighted by Gasteiger charge is 2.36. The minimum absolute atomic E-state index is 0.00630. The molecule has 0 N–H and O–H groups in total. The lowest BCUT2D eigenvalue weighted by molar-refractivity contribution is -0.169. The van der Waals surface area contributed by atoms with Gasteiger partial charge in [-0.2, -0.15) is 0 Å². The van der Waals surface area contributed by atoms with E-state index in [-0.39, 0.29) is 52.2 Å². The average Bonchev–Trinajstić information content (AvgIpc) is 2.75. The summed E-state index contributed by atoms with van der Waals surface area (Å²) in [5, 5.41) is 0. The third-order valence-corrected chi connectivity index (χ3v) is 7.35. The second kappa shape index (κ2) is 14.3. The Bertz CT molecular complexity index is 691. The lowest BCUT2D eigenvalue weighted by Crippen LogP contribution is -2.46. The molecule has 6 nitrogen and oxygen atoms in total. The van der Waals surface area contributed by atoms with Gasteiger partial charge in [-0.1, -0.05) is 48.5 Å². The molecule has 2 atom stereocenters. The second-order valence-electron chi connectivity index (χ2n) is 14.4. The fourth-order valence-electron chi connectivity index (χ4n) is 4.13. The van der Waals surface area contributed by atoms with Crippen molar-refractivity contribution < 1.29 is 23.8 Å². The van der Waals surface area contributed by atoms with Crippen molar-refractivity contribution in [2.75, 3.05) is 13.1 Å². The molecule has 0 aromatic carbocycles. The molecule has 2 unspecified atom stereocenters. The van der Waals surface area contributed by atoms with Crippen LogP contribution in [0.15, 0.2) is 0 Å². The van der Waals surface area contributed by atoms with Gasteiger partial charge in [0.1, 0.15) is 18.4 Å². The summed E-state index contributed by atoms with van der Waals surface area (Å²) in [5.41, 5.74) is -0.889. The molecule has 0 spiro atoms. The fourth-order valence-corrected chi connectivity index (χ4v) is 4.13. The maximum atomic E-state index is 12.1. The molecule has 6 heteroatoms. The minimum Gasteiger partial charge on any atom is -0.462 e. The standard InChI is InChI=1S/C17H33NO3.C14H28O2/c1-8-17(6,7)15(19)20-14-9-11-18(12-10-14)13(2)21-16(3,4)5;1-9-14(7,8)12(15)16-11(10(2)3)13(4,5)6/h13-14H,8-12H2,1-7H3;10-11H,9H2,1-8H3. The van der Waals surface area contributed by atoms with Crippen molar-refractivity contribution in [2.45, 2.75) is 154 Å². The molecule has 0 bridgehead atoms. The number of carbonyl (C=O) groups excluding carboxylic acids is 2. The first-order chi connectivity index (χ1) is 16.6. The summed E-state index contributed by atoms with van der Waals surface area (Å²) in [7, 11) is 0. The zero-order valence-electron chi connectivity index (χ0n) is 27.0. The van der Waals surface area contributed by atoms with Crippen LogP contribution < -0.4 is 0 Å². The number of esters is 2. The molecule has 37 heavy (non-hydrogen) atoms. The van der Waals surface area contributed by atoms with Gasteiger partial charge in [0, 0.05) is 13.1 Å². The third-order valence-electron chi connectivity index (χ3n) is 7.35. The number of ether oxygens (including phenoxy) is 3. The second-order valence-corrected chi connectivity index (χ2v) is 14.4. The van der Waals surface area contributed by atoms with Crippen molar-refractivity contribution in [3.05, 3.63) is 0 Å². The van der Waals surface area contributed by atoms with E-state index in [9.17, 15) is 9.59 Å². The van der Waals surface area contributed by atoms with Crippen molar-refractivity contribution in [1.29, 1.82) is 0 Å². The molecule has 1 saturated heterocycles. The lowest BCUT2D eigenvalue weighted by Gasteiger charge is -2.38. The smallest absolute Gasteiger partial charge is 0.311 e. The maximum Gasteiger partial charge on any atom is 0.311 e. The van der Waals surface area contributed by atoms with E-state index in [0.717, 1.165) is 38.8 Å². The van der Waals surface area contributed by atoms with Crippen molar-refractivity contribution in [2.24, 2.45) is 22.2 Å². The molecule has 0 radical (unpaired) electrons. The van der Waals surface area contributed by atoms with Crippen LogP contribution in [0.3, 0.4) is 0 Å². The molecule has 220 valence electrons. The normalized spacial score (nSPS) is 18.1. The summed E-state index contributed by atoms with van der Waals surface area (Å²) in [5.74, 6) is 0.197. The Kier molecular flexibility index (Phi) is 13.9. The molecule has 0 aromatic rings. The zero-order valence-corrected chi connectivity index (χ0v) is 27.0. The molecular formula is C31H61NO5. The van der Waals surface area contributed by atoms with Crippen molar-refractivity contribution >= 4 is 11.9 Å². The Hall–Kier alpha value is -1.14. The van der Waals surface area contributed by atoms with E-state index < -0.39 is 0 Å². The highest BCUT2D eigenvalue weighted by atomic mass is 16.6. The monoisotopic (exact) mass is 527 g/mol. The van der Waals surface area contributed by atoms with Gasteiger partial charge in [0.25, 0.3) is 0 Å². The van der Waals surface area contributed by atoms with E-state index in [2.05, 4.69) is 67.2 Å². The molecule has 1 aliphatic rings. The quantitative estimate of drug-likeness (QED) is 0.287. The molecule has 1 aliphatic heterocycles. The van der Waals surface area contributed by atoms with E-state index in [1.165, 1.54) is 0 Å². The SMILES string of the molecule is CCC(C)(C)C(=O)OC(C(C)C)C(C)(C)C.CCC(C)(C)C(=O)OC1CCN(C(C)OC(C)(C)C)CC1. The van der Waals surface area contributed by atoms with E-state index in [1.807, 2.05) is 41.5 Å². The summed E-state index contributed by atoms with van der Waals surface area (Å²) >= 11 is 0. The van der Waals surface area contributed by atoms with Crippen LogP contribution in [0.1, 0.15) is 130 Å². The Morgan fingerprint density at radius 2 is 1.22 bits per heavy atom. The van der Waals surface area contributed by atoms with Crippen LogP contribution in [0.25, 0.3) is 0 Å². The van der Waals surface area contributed by atoms with Gasteiger partial charge in [-0.25, -0.2) is 0 Å². The van der Waals surface area contributed by atoms with E-state index in [4.69, 9.17) is 14.2 Å². The van der Waals surface area contributed by atoms with Gasteiger partial charge >= 0.3 is 11.9 Å². The van der Waals surface area contributed by atoms with Gasteiger partial charge in [0.15, 0.2) is 0 Å². The predicted octanol–water partition coefficient (Wildman–Crippen LogP) is 7.63. The van der Waals surface area contributed by atoms with E-state index >= 15 is 0 Å². The Morgan fingerprint density at radius 3 is 1.57 bits per heavy atom. The van der Waals surface area contributed by atoms with Gasteiger partial charge in [0.05, 0.1) is 16.4 Å². The zero-order chi connectivity index (χ0) is 29.4. The van der Waals surface area contributed by atoms with E-state index in [1.54, 1.807) is 0 Å². The highest BCUT2D eigenvalue weighted by molar-refractivity contribution is 5.76. The number of likely N-dealkylation sites (tertiary alicyclic amines) is 1. The van der Waals surface area contributed by atoms with Crippen molar-refractivity contribution in [3.63, 3.8) is 0 Å². The number of piperidine rings is 1. The summed E-state index contributed by atoms with van der Waals surface area (Å²) < 4.78 is 17.3. The topological polar surface area (TPSA) is 65.1 Å². The fraction of sp³-hybridized carbons (Fsp3) is 0.935. The Balaban J connectivity index is 0.000000730. The largest absolute Gasteiger partial charge is 0.462 e. The van der Waals surface area contributed by atoms with E-state index in [0.29, 0.717) is 5.92 Å². The van der Waals surface area contributed by atoms with Crippen LogP contribution in [0.2, 0.25) is 0 Å². The van der Waals surface area contributed by atoms with Crippen molar-refractivity contribution in [3.8, 4) is 0 Å². The summed E-state index contributed by atoms with van der Waals surface area (Å²) in [4.78, 5) is 26.5. The minimum atomic E-state index is -0.377. The summed E-state index contributed by atoms with van der Waals surface area (Å²) in [6, 6.07) is 0.